The molecule has 0 spiro atoms. The molecule has 1 aliphatic heterocycles. The number of hydrogen-bond donors (Lipinski definition) is 1. The highest BCUT2D eigenvalue weighted by Gasteiger charge is 2.31. The zero-order valence-electron chi connectivity index (χ0n) is 10.6. The quantitative estimate of drug-likeness (QED) is 0.738. The molecule has 0 aromatic rings. The van der Waals surface area contributed by atoms with E-state index in [-0.39, 0.29) is 0 Å². The Bertz CT molecular complexity index is 221. The summed E-state index contributed by atoms with van der Waals surface area (Å²) < 4.78 is 0. The van der Waals surface area contributed by atoms with Gasteiger partial charge in [0, 0.05) is 31.7 Å². The maximum atomic E-state index is 3.90. The molecule has 1 aliphatic carbocycles. The molecule has 2 fully saturated rings. The second-order valence-electron chi connectivity index (χ2n) is 5.52. The minimum atomic E-state index is 0.639. The summed E-state index contributed by atoms with van der Waals surface area (Å²) in [6, 6.07) is 1.40. The van der Waals surface area contributed by atoms with Crippen LogP contribution in [0.15, 0.2) is 12.7 Å². The standard InChI is InChI=1S/C14H26N2/c1-3-9-16-11-12(2)15-10-14(16)13-7-5-4-6-8-13/h3,12-15H,1,4-11H2,2H3. The van der Waals surface area contributed by atoms with Crippen molar-refractivity contribution in [3.05, 3.63) is 12.7 Å². The van der Waals surface area contributed by atoms with Gasteiger partial charge in [-0.3, -0.25) is 4.90 Å². The lowest BCUT2D eigenvalue weighted by Crippen LogP contribution is -2.58. The molecule has 2 nitrogen and oxygen atoms in total. The van der Waals surface area contributed by atoms with Crippen LogP contribution in [0.1, 0.15) is 39.0 Å². The minimum absolute atomic E-state index is 0.639. The van der Waals surface area contributed by atoms with Gasteiger partial charge in [0.2, 0.25) is 0 Å². The van der Waals surface area contributed by atoms with Gasteiger partial charge < -0.3 is 5.32 Å². The van der Waals surface area contributed by atoms with Crippen LogP contribution in [-0.2, 0) is 0 Å². The van der Waals surface area contributed by atoms with Gasteiger partial charge in [0.05, 0.1) is 0 Å². The fourth-order valence-electron chi connectivity index (χ4n) is 3.36. The van der Waals surface area contributed by atoms with Gasteiger partial charge in [-0.1, -0.05) is 25.3 Å². The van der Waals surface area contributed by atoms with E-state index < -0.39 is 0 Å². The fraction of sp³-hybridized carbons (Fsp3) is 0.857. The second kappa shape index (κ2) is 5.83. The van der Waals surface area contributed by atoms with Crippen molar-refractivity contribution in [1.82, 2.24) is 10.2 Å². The van der Waals surface area contributed by atoms with Gasteiger partial charge in [-0.15, -0.1) is 6.58 Å². The summed E-state index contributed by atoms with van der Waals surface area (Å²) in [5, 5.41) is 3.64. The molecule has 2 atom stereocenters. The predicted molar refractivity (Wildman–Crippen MR) is 69.6 cm³/mol. The smallest absolute Gasteiger partial charge is 0.0252 e. The summed E-state index contributed by atoms with van der Waals surface area (Å²) in [6.45, 7) is 9.61. The molecular weight excluding hydrogens is 196 g/mol. The summed E-state index contributed by atoms with van der Waals surface area (Å²) in [5.74, 6) is 0.925. The molecule has 1 saturated carbocycles. The largest absolute Gasteiger partial charge is 0.311 e. The van der Waals surface area contributed by atoms with E-state index in [0.29, 0.717) is 6.04 Å². The lowest BCUT2D eigenvalue weighted by molar-refractivity contribution is 0.0862. The van der Waals surface area contributed by atoms with E-state index in [0.717, 1.165) is 18.5 Å². The van der Waals surface area contributed by atoms with Gasteiger partial charge in [-0.05, 0) is 25.7 Å². The molecule has 0 aromatic carbocycles. The molecule has 2 rings (SSSR count). The maximum Gasteiger partial charge on any atom is 0.0252 e. The third-order valence-electron chi connectivity index (χ3n) is 4.21. The van der Waals surface area contributed by atoms with Gasteiger partial charge >= 0.3 is 0 Å². The second-order valence-corrected chi connectivity index (χ2v) is 5.52. The van der Waals surface area contributed by atoms with Crippen molar-refractivity contribution in [1.29, 1.82) is 0 Å². The van der Waals surface area contributed by atoms with E-state index in [9.17, 15) is 0 Å². The van der Waals surface area contributed by atoms with E-state index in [1.165, 1.54) is 45.2 Å². The third-order valence-corrected chi connectivity index (χ3v) is 4.21. The summed E-state index contributed by atoms with van der Waals surface area (Å²) in [5.41, 5.74) is 0. The van der Waals surface area contributed by atoms with Crippen LogP contribution in [0.2, 0.25) is 0 Å². The Balaban J connectivity index is 1.96. The van der Waals surface area contributed by atoms with Crippen LogP contribution in [0.25, 0.3) is 0 Å². The molecule has 2 aliphatic rings. The molecule has 0 radical (unpaired) electrons. The van der Waals surface area contributed by atoms with Gasteiger partial charge in [0.15, 0.2) is 0 Å². The van der Waals surface area contributed by atoms with Gasteiger partial charge in [-0.25, -0.2) is 0 Å². The molecular formula is C14H26N2. The zero-order chi connectivity index (χ0) is 11.4. The lowest BCUT2D eigenvalue weighted by Gasteiger charge is -2.44. The lowest BCUT2D eigenvalue weighted by atomic mass is 9.82. The molecule has 0 amide bonds. The molecule has 92 valence electrons. The average Bonchev–Trinajstić information content (AvgIpc) is 2.31. The van der Waals surface area contributed by atoms with Crippen molar-refractivity contribution >= 4 is 0 Å². The fourth-order valence-corrected chi connectivity index (χ4v) is 3.36. The number of rotatable bonds is 3. The molecule has 1 heterocycles. The first-order valence-electron chi connectivity index (χ1n) is 6.89. The number of nitrogens with one attached hydrogen (secondary N) is 1. The van der Waals surface area contributed by atoms with E-state index in [4.69, 9.17) is 0 Å². The van der Waals surface area contributed by atoms with Crippen molar-refractivity contribution in [3.63, 3.8) is 0 Å². The summed E-state index contributed by atoms with van der Waals surface area (Å²) in [7, 11) is 0. The molecule has 1 saturated heterocycles. The SMILES string of the molecule is C=CCN1CC(C)NCC1C1CCCCC1. The highest BCUT2D eigenvalue weighted by molar-refractivity contribution is 4.92. The molecule has 0 bridgehead atoms. The molecule has 0 aromatic heterocycles. The number of hydrogen-bond acceptors (Lipinski definition) is 2. The van der Waals surface area contributed by atoms with Crippen LogP contribution in [0, 0.1) is 5.92 Å². The number of piperazine rings is 1. The number of nitrogens with zero attached hydrogens (tertiary/aromatic N) is 1. The summed E-state index contributed by atoms with van der Waals surface area (Å²) in [6.07, 6.45) is 9.28. The third kappa shape index (κ3) is 2.86. The summed E-state index contributed by atoms with van der Waals surface area (Å²) in [4.78, 5) is 2.64. The Morgan fingerprint density at radius 1 is 1.31 bits per heavy atom. The predicted octanol–water partition coefficient (Wildman–Crippen LogP) is 2.42. The molecule has 2 unspecified atom stereocenters. The summed E-state index contributed by atoms with van der Waals surface area (Å²) >= 11 is 0. The highest BCUT2D eigenvalue weighted by atomic mass is 15.2. The first kappa shape index (κ1) is 12.1. The Morgan fingerprint density at radius 3 is 2.75 bits per heavy atom. The Kier molecular flexibility index (Phi) is 4.42. The van der Waals surface area contributed by atoms with Crippen molar-refractivity contribution in [2.75, 3.05) is 19.6 Å². The highest BCUT2D eigenvalue weighted by Crippen LogP contribution is 2.30. The van der Waals surface area contributed by atoms with Gasteiger partial charge in [0.1, 0.15) is 0 Å². The Morgan fingerprint density at radius 2 is 2.06 bits per heavy atom. The molecule has 16 heavy (non-hydrogen) atoms. The van der Waals surface area contributed by atoms with Crippen LogP contribution in [-0.4, -0.2) is 36.6 Å². The average molecular weight is 222 g/mol. The van der Waals surface area contributed by atoms with Crippen molar-refractivity contribution in [3.8, 4) is 0 Å². The van der Waals surface area contributed by atoms with Gasteiger partial charge in [0.25, 0.3) is 0 Å². The Hall–Kier alpha value is -0.340. The van der Waals surface area contributed by atoms with E-state index in [2.05, 4.69) is 29.8 Å². The van der Waals surface area contributed by atoms with E-state index in [1.807, 2.05) is 0 Å². The van der Waals surface area contributed by atoms with Crippen LogP contribution in [0.4, 0.5) is 0 Å². The Labute approximate surface area is 100 Å². The normalized spacial score (nSPS) is 33.8. The van der Waals surface area contributed by atoms with E-state index >= 15 is 0 Å². The minimum Gasteiger partial charge on any atom is -0.311 e. The zero-order valence-corrected chi connectivity index (χ0v) is 10.6. The maximum absolute atomic E-state index is 3.90. The van der Waals surface area contributed by atoms with Crippen molar-refractivity contribution < 1.29 is 0 Å². The van der Waals surface area contributed by atoms with Crippen LogP contribution >= 0.6 is 0 Å². The van der Waals surface area contributed by atoms with Crippen LogP contribution in [0.5, 0.6) is 0 Å². The van der Waals surface area contributed by atoms with Crippen LogP contribution < -0.4 is 5.32 Å². The van der Waals surface area contributed by atoms with Crippen LogP contribution in [0.3, 0.4) is 0 Å². The first-order valence-corrected chi connectivity index (χ1v) is 6.89. The van der Waals surface area contributed by atoms with Gasteiger partial charge in [-0.2, -0.15) is 0 Å². The van der Waals surface area contributed by atoms with Crippen molar-refractivity contribution in [2.24, 2.45) is 5.92 Å². The first-order chi connectivity index (χ1) is 7.81. The molecule has 2 heteroatoms. The van der Waals surface area contributed by atoms with Crippen molar-refractivity contribution in [2.45, 2.75) is 51.1 Å². The monoisotopic (exact) mass is 222 g/mol. The van der Waals surface area contributed by atoms with E-state index in [1.54, 1.807) is 0 Å². The topological polar surface area (TPSA) is 15.3 Å². The molecule has 1 N–H and O–H groups in total.